The second-order valence-corrected chi connectivity index (χ2v) is 4.72. The summed E-state index contributed by atoms with van der Waals surface area (Å²) in [6.07, 6.45) is 0.289. The molecule has 90 valence electrons. The minimum atomic E-state index is 0.289. The van der Waals surface area contributed by atoms with Gasteiger partial charge in [-0.05, 0) is 25.0 Å². The highest BCUT2D eigenvalue weighted by Crippen LogP contribution is 2.08. The summed E-state index contributed by atoms with van der Waals surface area (Å²) in [6.45, 7) is 10.1. The Bertz CT molecular complexity index is 280. The first kappa shape index (κ1) is 13.2. The lowest BCUT2D eigenvalue weighted by Gasteiger charge is -2.11. The van der Waals surface area contributed by atoms with E-state index in [1.165, 1.54) is 11.1 Å². The maximum atomic E-state index is 5.59. The third kappa shape index (κ3) is 5.29. The van der Waals surface area contributed by atoms with Gasteiger partial charge in [0.25, 0.3) is 0 Å². The second-order valence-electron chi connectivity index (χ2n) is 4.72. The molecule has 0 radical (unpaired) electrons. The van der Waals surface area contributed by atoms with Gasteiger partial charge in [-0.1, -0.05) is 38.1 Å². The van der Waals surface area contributed by atoms with Crippen molar-refractivity contribution in [1.29, 1.82) is 0 Å². The van der Waals surface area contributed by atoms with E-state index in [9.17, 15) is 0 Å². The van der Waals surface area contributed by atoms with E-state index in [0.717, 1.165) is 6.54 Å². The van der Waals surface area contributed by atoms with Gasteiger partial charge in [-0.3, -0.25) is 0 Å². The van der Waals surface area contributed by atoms with Crippen molar-refractivity contribution in [2.45, 2.75) is 53.0 Å². The lowest BCUT2D eigenvalue weighted by molar-refractivity contribution is 0.0657. The zero-order valence-electron chi connectivity index (χ0n) is 10.8. The van der Waals surface area contributed by atoms with Crippen LogP contribution in [0.5, 0.6) is 0 Å². The summed E-state index contributed by atoms with van der Waals surface area (Å²) in [5.74, 6) is 0. The molecule has 1 aromatic carbocycles. The molecule has 0 aromatic heterocycles. The minimum Gasteiger partial charge on any atom is -0.374 e. The van der Waals surface area contributed by atoms with Crippen molar-refractivity contribution in [1.82, 2.24) is 5.32 Å². The predicted octanol–water partition coefficient (Wildman–Crippen LogP) is 3.11. The van der Waals surface area contributed by atoms with Crippen LogP contribution in [0, 0.1) is 0 Å². The van der Waals surface area contributed by atoms with Gasteiger partial charge in [0.1, 0.15) is 0 Å². The number of benzene rings is 1. The molecule has 0 heterocycles. The number of rotatable bonds is 6. The third-order valence-electron chi connectivity index (χ3n) is 2.29. The van der Waals surface area contributed by atoms with Crippen molar-refractivity contribution in [3.8, 4) is 0 Å². The first-order valence-corrected chi connectivity index (χ1v) is 6.00. The Morgan fingerprint density at radius 3 is 2.44 bits per heavy atom. The molecule has 0 atom stereocenters. The smallest absolute Gasteiger partial charge is 0.0720 e. The van der Waals surface area contributed by atoms with Gasteiger partial charge in [-0.2, -0.15) is 0 Å². The van der Waals surface area contributed by atoms with Crippen LogP contribution in [0.1, 0.15) is 38.8 Å². The van der Waals surface area contributed by atoms with Crippen molar-refractivity contribution < 1.29 is 4.74 Å². The molecule has 0 amide bonds. The van der Waals surface area contributed by atoms with Crippen molar-refractivity contribution >= 4 is 0 Å². The Balaban J connectivity index is 2.50. The second kappa shape index (κ2) is 6.66. The van der Waals surface area contributed by atoms with Crippen LogP contribution >= 0.6 is 0 Å². The van der Waals surface area contributed by atoms with E-state index in [4.69, 9.17) is 4.74 Å². The quantitative estimate of drug-likeness (QED) is 0.797. The van der Waals surface area contributed by atoms with Gasteiger partial charge < -0.3 is 10.1 Å². The molecule has 0 saturated heterocycles. The maximum absolute atomic E-state index is 5.59. The molecule has 0 fully saturated rings. The Labute approximate surface area is 99.0 Å². The van der Waals surface area contributed by atoms with Gasteiger partial charge in [0.05, 0.1) is 12.7 Å². The lowest BCUT2D eigenvalue weighted by Crippen LogP contribution is -2.21. The molecule has 1 rings (SSSR count). The van der Waals surface area contributed by atoms with Gasteiger partial charge in [-0.25, -0.2) is 0 Å². The van der Waals surface area contributed by atoms with Crippen molar-refractivity contribution in [2.24, 2.45) is 0 Å². The van der Waals surface area contributed by atoms with E-state index in [-0.39, 0.29) is 6.10 Å². The molecule has 0 saturated carbocycles. The van der Waals surface area contributed by atoms with E-state index in [1.807, 2.05) is 0 Å². The standard InChI is InChI=1S/C14H23NO/c1-11(2)15-9-13-6-5-7-14(8-13)10-16-12(3)4/h5-8,11-12,15H,9-10H2,1-4H3. The molecule has 2 nitrogen and oxygen atoms in total. The Morgan fingerprint density at radius 2 is 1.81 bits per heavy atom. The fourth-order valence-corrected chi connectivity index (χ4v) is 1.41. The zero-order valence-corrected chi connectivity index (χ0v) is 10.8. The summed E-state index contributed by atoms with van der Waals surface area (Å²) in [4.78, 5) is 0. The highest BCUT2D eigenvalue weighted by molar-refractivity contribution is 5.22. The molecular formula is C14H23NO. The topological polar surface area (TPSA) is 21.3 Å². The molecule has 0 unspecified atom stereocenters. The summed E-state index contributed by atoms with van der Waals surface area (Å²) >= 11 is 0. The number of hydrogen-bond donors (Lipinski definition) is 1. The van der Waals surface area contributed by atoms with E-state index < -0.39 is 0 Å². The van der Waals surface area contributed by atoms with Crippen molar-refractivity contribution in [2.75, 3.05) is 0 Å². The Morgan fingerprint density at radius 1 is 1.12 bits per heavy atom. The SMILES string of the molecule is CC(C)NCc1cccc(COC(C)C)c1. The molecule has 0 aliphatic heterocycles. The summed E-state index contributed by atoms with van der Waals surface area (Å²) in [6, 6.07) is 9.08. The molecular weight excluding hydrogens is 198 g/mol. The summed E-state index contributed by atoms with van der Waals surface area (Å²) in [5.41, 5.74) is 2.57. The van der Waals surface area contributed by atoms with Crippen LogP contribution in [0.15, 0.2) is 24.3 Å². The fraction of sp³-hybridized carbons (Fsp3) is 0.571. The monoisotopic (exact) mass is 221 g/mol. The number of nitrogens with one attached hydrogen (secondary N) is 1. The summed E-state index contributed by atoms with van der Waals surface area (Å²) in [7, 11) is 0. The number of hydrogen-bond acceptors (Lipinski definition) is 2. The first-order valence-electron chi connectivity index (χ1n) is 6.00. The molecule has 2 heteroatoms. The largest absolute Gasteiger partial charge is 0.374 e. The van der Waals surface area contributed by atoms with Crippen LogP contribution in [0.4, 0.5) is 0 Å². The van der Waals surface area contributed by atoms with Crippen LogP contribution in [0.3, 0.4) is 0 Å². The van der Waals surface area contributed by atoms with E-state index in [0.29, 0.717) is 12.6 Å². The van der Waals surface area contributed by atoms with Crippen LogP contribution in [-0.2, 0) is 17.9 Å². The van der Waals surface area contributed by atoms with E-state index >= 15 is 0 Å². The number of ether oxygens (including phenoxy) is 1. The van der Waals surface area contributed by atoms with E-state index in [2.05, 4.69) is 57.3 Å². The highest BCUT2D eigenvalue weighted by atomic mass is 16.5. The average molecular weight is 221 g/mol. The Kier molecular flexibility index (Phi) is 5.50. The fourth-order valence-electron chi connectivity index (χ4n) is 1.41. The molecule has 1 N–H and O–H groups in total. The van der Waals surface area contributed by atoms with Gasteiger partial charge in [0.2, 0.25) is 0 Å². The van der Waals surface area contributed by atoms with Gasteiger partial charge in [0, 0.05) is 12.6 Å². The third-order valence-corrected chi connectivity index (χ3v) is 2.29. The van der Waals surface area contributed by atoms with Crippen molar-refractivity contribution in [3.05, 3.63) is 35.4 Å². The average Bonchev–Trinajstić information content (AvgIpc) is 2.24. The first-order chi connectivity index (χ1) is 7.58. The minimum absolute atomic E-state index is 0.289. The molecule has 0 aliphatic rings. The zero-order chi connectivity index (χ0) is 12.0. The summed E-state index contributed by atoms with van der Waals surface area (Å²) in [5, 5.41) is 3.41. The van der Waals surface area contributed by atoms with Gasteiger partial charge >= 0.3 is 0 Å². The summed E-state index contributed by atoms with van der Waals surface area (Å²) < 4.78 is 5.59. The normalized spacial score (nSPS) is 11.4. The van der Waals surface area contributed by atoms with Crippen LogP contribution in [0.2, 0.25) is 0 Å². The lowest BCUT2D eigenvalue weighted by atomic mass is 10.1. The van der Waals surface area contributed by atoms with Crippen LogP contribution in [0.25, 0.3) is 0 Å². The molecule has 1 aromatic rings. The van der Waals surface area contributed by atoms with Crippen molar-refractivity contribution in [3.63, 3.8) is 0 Å². The molecule has 0 bridgehead atoms. The highest BCUT2D eigenvalue weighted by Gasteiger charge is 1.99. The molecule has 16 heavy (non-hydrogen) atoms. The molecule has 0 aliphatic carbocycles. The van der Waals surface area contributed by atoms with E-state index in [1.54, 1.807) is 0 Å². The van der Waals surface area contributed by atoms with Crippen LogP contribution < -0.4 is 5.32 Å². The predicted molar refractivity (Wildman–Crippen MR) is 68.3 cm³/mol. The molecule has 0 spiro atoms. The maximum Gasteiger partial charge on any atom is 0.0720 e. The Hall–Kier alpha value is -0.860. The van der Waals surface area contributed by atoms with Crippen LogP contribution in [-0.4, -0.2) is 12.1 Å². The van der Waals surface area contributed by atoms with Gasteiger partial charge in [-0.15, -0.1) is 0 Å². The van der Waals surface area contributed by atoms with Gasteiger partial charge in [0.15, 0.2) is 0 Å².